The van der Waals surface area contributed by atoms with E-state index in [1.165, 1.54) is 7.11 Å². The van der Waals surface area contributed by atoms with Gasteiger partial charge in [0.2, 0.25) is 0 Å². The normalized spacial score (nSPS) is 12.5. The van der Waals surface area contributed by atoms with E-state index < -0.39 is 0 Å². The molecule has 4 heteroatoms. The summed E-state index contributed by atoms with van der Waals surface area (Å²) >= 11 is 0. The number of hydrogen-bond acceptors (Lipinski definition) is 3. The first-order valence-corrected chi connectivity index (χ1v) is 4.15. The first-order valence-electron chi connectivity index (χ1n) is 4.15. The third-order valence-electron chi connectivity index (χ3n) is 1.94. The SMILES string of the molecule is CNC(CC(=O)OC)c1ccc[nH]1. The molecule has 72 valence electrons. The van der Waals surface area contributed by atoms with Crippen LogP contribution in [0.15, 0.2) is 18.3 Å². The molecule has 1 heterocycles. The van der Waals surface area contributed by atoms with E-state index in [4.69, 9.17) is 0 Å². The summed E-state index contributed by atoms with van der Waals surface area (Å²) in [6.45, 7) is 0. The maximum atomic E-state index is 11.0. The van der Waals surface area contributed by atoms with Crippen LogP contribution in [0.5, 0.6) is 0 Å². The lowest BCUT2D eigenvalue weighted by atomic mass is 10.1. The van der Waals surface area contributed by atoms with Gasteiger partial charge in [-0.15, -0.1) is 0 Å². The molecule has 13 heavy (non-hydrogen) atoms. The Bertz CT molecular complexity index is 257. The molecular weight excluding hydrogens is 168 g/mol. The van der Waals surface area contributed by atoms with Crippen LogP contribution in [-0.4, -0.2) is 25.1 Å². The Morgan fingerprint density at radius 1 is 1.77 bits per heavy atom. The van der Waals surface area contributed by atoms with Crippen LogP contribution in [0.1, 0.15) is 18.2 Å². The largest absolute Gasteiger partial charge is 0.469 e. The molecule has 0 spiro atoms. The highest BCUT2D eigenvalue weighted by Crippen LogP contribution is 2.13. The zero-order chi connectivity index (χ0) is 9.68. The van der Waals surface area contributed by atoms with Gasteiger partial charge < -0.3 is 15.0 Å². The van der Waals surface area contributed by atoms with Gasteiger partial charge in [-0.1, -0.05) is 0 Å². The fourth-order valence-electron chi connectivity index (χ4n) is 1.18. The molecule has 0 aliphatic heterocycles. The molecule has 1 rings (SSSR count). The minimum Gasteiger partial charge on any atom is -0.469 e. The summed E-state index contributed by atoms with van der Waals surface area (Å²) < 4.78 is 4.59. The van der Waals surface area contributed by atoms with Crippen molar-refractivity contribution in [3.8, 4) is 0 Å². The molecule has 4 nitrogen and oxygen atoms in total. The van der Waals surface area contributed by atoms with E-state index in [-0.39, 0.29) is 12.0 Å². The van der Waals surface area contributed by atoms with Crippen LogP contribution >= 0.6 is 0 Å². The molecule has 0 bridgehead atoms. The summed E-state index contributed by atoms with van der Waals surface area (Å²) in [5.41, 5.74) is 0.993. The van der Waals surface area contributed by atoms with E-state index in [9.17, 15) is 4.79 Å². The van der Waals surface area contributed by atoms with Crippen molar-refractivity contribution in [2.24, 2.45) is 0 Å². The monoisotopic (exact) mass is 182 g/mol. The van der Waals surface area contributed by atoms with Gasteiger partial charge in [-0.3, -0.25) is 4.79 Å². The summed E-state index contributed by atoms with van der Waals surface area (Å²) in [6, 6.07) is 3.84. The van der Waals surface area contributed by atoms with Crippen LogP contribution < -0.4 is 5.32 Å². The maximum Gasteiger partial charge on any atom is 0.307 e. The number of methoxy groups -OCH3 is 1. The Labute approximate surface area is 77.3 Å². The average Bonchev–Trinajstić information content (AvgIpc) is 2.66. The minimum absolute atomic E-state index is 0.00227. The molecule has 0 fully saturated rings. The van der Waals surface area contributed by atoms with Crippen LogP contribution in [0, 0.1) is 0 Å². The molecule has 0 aromatic carbocycles. The molecule has 1 aromatic heterocycles. The fraction of sp³-hybridized carbons (Fsp3) is 0.444. The van der Waals surface area contributed by atoms with E-state index >= 15 is 0 Å². The average molecular weight is 182 g/mol. The van der Waals surface area contributed by atoms with Gasteiger partial charge >= 0.3 is 5.97 Å². The first kappa shape index (κ1) is 9.80. The maximum absolute atomic E-state index is 11.0. The smallest absolute Gasteiger partial charge is 0.307 e. The van der Waals surface area contributed by atoms with Gasteiger partial charge in [0.05, 0.1) is 19.6 Å². The summed E-state index contributed by atoms with van der Waals surface area (Å²) in [5, 5.41) is 3.04. The predicted molar refractivity (Wildman–Crippen MR) is 49.2 cm³/mol. The van der Waals surface area contributed by atoms with Crippen molar-refractivity contribution in [3.05, 3.63) is 24.0 Å². The minimum atomic E-state index is -0.214. The Balaban J connectivity index is 2.58. The van der Waals surface area contributed by atoms with Crippen molar-refractivity contribution in [1.82, 2.24) is 10.3 Å². The lowest BCUT2D eigenvalue weighted by Crippen LogP contribution is -2.20. The molecule has 2 N–H and O–H groups in total. The number of carbonyl (C=O) groups excluding carboxylic acids is 1. The Morgan fingerprint density at radius 2 is 2.54 bits per heavy atom. The van der Waals surface area contributed by atoms with Crippen LogP contribution in [-0.2, 0) is 9.53 Å². The van der Waals surface area contributed by atoms with Crippen molar-refractivity contribution in [1.29, 1.82) is 0 Å². The lowest BCUT2D eigenvalue weighted by molar-refractivity contribution is -0.141. The number of aromatic amines is 1. The molecule has 0 aliphatic carbocycles. The van der Waals surface area contributed by atoms with Crippen molar-refractivity contribution in [3.63, 3.8) is 0 Å². The van der Waals surface area contributed by atoms with E-state index in [0.717, 1.165) is 5.69 Å². The quantitative estimate of drug-likeness (QED) is 0.678. The number of nitrogens with one attached hydrogen (secondary N) is 2. The van der Waals surface area contributed by atoms with E-state index in [1.807, 2.05) is 25.4 Å². The van der Waals surface area contributed by atoms with Gasteiger partial charge in [-0.2, -0.15) is 0 Å². The second kappa shape index (κ2) is 4.67. The molecule has 0 radical (unpaired) electrons. The number of carbonyl (C=O) groups is 1. The number of aromatic nitrogens is 1. The van der Waals surface area contributed by atoms with Gasteiger partial charge in [0.1, 0.15) is 0 Å². The predicted octanol–water partition coefficient (Wildman–Crippen LogP) is 0.838. The van der Waals surface area contributed by atoms with Crippen LogP contribution in [0.2, 0.25) is 0 Å². The number of ether oxygens (including phenoxy) is 1. The van der Waals surface area contributed by atoms with Gasteiger partial charge in [0.15, 0.2) is 0 Å². The standard InChI is InChI=1S/C9H14N2O2/c1-10-8(6-9(12)13-2)7-4-3-5-11-7/h3-5,8,10-11H,6H2,1-2H3. The van der Waals surface area contributed by atoms with Gasteiger partial charge in [-0.25, -0.2) is 0 Å². The zero-order valence-corrected chi connectivity index (χ0v) is 7.83. The summed E-state index contributed by atoms with van der Waals surface area (Å²) in [5.74, 6) is -0.214. The second-order valence-corrected chi connectivity index (χ2v) is 2.75. The Hall–Kier alpha value is -1.29. The molecule has 1 aromatic rings. The third kappa shape index (κ3) is 2.59. The Morgan fingerprint density at radius 3 is 3.00 bits per heavy atom. The van der Waals surface area contributed by atoms with Crippen molar-refractivity contribution in [2.75, 3.05) is 14.2 Å². The van der Waals surface area contributed by atoms with Crippen molar-refractivity contribution in [2.45, 2.75) is 12.5 Å². The Kier molecular flexibility index (Phi) is 3.52. The summed E-state index contributed by atoms with van der Waals surface area (Å²) in [7, 11) is 3.21. The number of rotatable bonds is 4. The van der Waals surface area contributed by atoms with Gasteiger partial charge in [-0.05, 0) is 19.2 Å². The topological polar surface area (TPSA) is 54.1 Å². The lowest BCUT2D eigenvalue weighted by Gasteiger charge is -2.12. The third-order valence-corrected chi connectivity index (χ3v) is 1.94. The van der Waals surface area contributed by atoms with Gasteiger partial charge in [0, 0.05) is 11.9 Å². The van der Waals surface area contributed by atoms with E-state index in [2.05, 4.69) is 15.0 Å². The van der Waals surface area contributed by atoms with Crippen molar-refractivity contribution >= 4 is 5.97 Å². The molecular formula is C9H14N2O2. The van der Waals surface area contributed by atoms with E-state index in [0.29, 0.717) is 6.42 Å². The summed E-state index contributed by atoms with van der Waals surface area (Å²) in [4.78, 5) is 14.0. The molecule has 0 aliphatic rings. The highest BCUT2D eigenvalue weighted by atomic mass is 16.5. The fourth-order valence-corrected chi connectivity index (χ4v) is 1.18. The molecule has 0 saturated carbocycles. The van der Waals surface area contributed by atoms with Crippen LogP contribution in [0.25, 0.3) is 0 Å². The first-order chi connectivity index (χ1) is 6.27. The number of esters is 1. The molecule has 0 amide bonds. The van der Waals surface area contributed by atoms with Gasteiger partial charge in [0.25, 0.3) is 0 Å². The molecule has 1 unspecified atom stereocenters. The highest BCUT2D eigenvalue weighted by molar-refractivity contribution is 5.70. The molecule has 1 atom stereocenters. The van der Waals surface area contributed by atoms with Crippen molar-refractivity contribution < 1.29 is 9.53 Å². The second-order valence-electron chi connectivity index (χ2n) is 2.75. The highest BCUT2D eigenvalue weighted by Gasteiger charge is 2.14. The number of H-pyrrole nitrogens is 1. The summed E-state index contributed by atoms with van der Waals surface area (Å²) in [6.07, 6.45) is 2.17. The number of hydrogen-bond donors (Lipinski definition) is 2. The van der Waals surface area contributed by atoms with E-state index in [1.54, 1.807) is 0 Å². The van der Waals surface area contributed by atoms with Crippen LogP contribution in [0.4, 0.5) is 0 Å². The zero-order valence-electron chi connectivity index (χ0n) is 7.83. The molecule has 0 saturated heterocycles. The van der Waals surface area contributed by atoms with Crippen LogP contribution in [0.3, 0.4) is 0 Å².